The number of nitrogens with one attached hydrogen (secondary N) is 2. The van der Waals surface area contributed by atoms with Crippen LogP contribution in [-0.2, 0) is 9.47 Å². The van der Waals surface area contributed by atoms with Crippen molar-refractivity contribution in [2.24, 2.45) is 17.6 Å². The topological polar surface area (TPSA) is 236 Å². The number of ketones is 1. The van der Waals surface area contributed by atoms with Crippen LogP contribution in [-0.4, -0.2) is 156 Å². The number of aliphatic hydroxyl groups is 2. The first kappa shape index (κ1) is 56.1. The number of carboxylic acid groups (broad SMARTS) is 1. The monoisotopic (exact) mass is 1010 g/mol. The van der Waals surface area contributed by atoms with Crippen molar-refractivity contribution < 1.29 is 44.0 Å². The van der Waals surface area contributed by atoms with Gasteiger partial charge in [-0.25, -0.2) is 24.4 Å². The van der Waals surface area contributed by atoms with Crippen LogP contribution in [0.5, 0.6) is 0 Å². The van der Waals surface area contributed by atoms with Crippen molar-refractivity contribution >= 4 is 46.8 Å². The number of nitrogens with two attached hydrogens (primary N) is 1. The van der Waals surface area contributed by atoms with Gasteiger partial charge in [-0.3, -0.25) is 4.79 Å². The molecule has 0 saturated carbocycles. The van der Waals surface area contributed by atoms with E-state index in [-0.39, 0.29) is 36.1 Å². The van der Waals surface area contributed by atoms with Crippen LogP contribution in [0.25, 0.3) is 22.3 Å². The van der Waals surface area contributed by atoms with Crippen LogP contribution in [0, 0.1) is 25.7 Å². The van der Waals surface area contributed by atoms with Crippen molar-refractivity contribution in [3.05, 3.63) is 83.2 Å². The van der Waals surface area contributed by atoms with Gasteiger partial charge in [0.25, 0.3) is 0 Å². The Labute approximate surface area is 430 Å². The molecule has 6 heterocycles. The number of aryl methyl sites for hydroxylation is 2. The van der Waals surface area contributed by atoms with E-state index >= 15 is 0 Å². The van der Waals surface area contributed by atoms with Crippen molar-refractivity contribution in [1.82, 2.24) is 19.8 Å². The number of likely N-dealkylation sites (tertiary alicyclic amines) is 2. The smallest absolute Gasteiger partial charge is 0.354 e. The number of aliphatic hydroxyl groups excluding tert-OH is 2. The summed E-state index contributed by atoms with van der Waals surface area (Å²) in [4.78, 5) is 67.3. The number of hydrogen-bond donors (Lipinski definition) is 6. The normalized spacial score (nSPS) is 18.5. The molecule has 0 bridgehead atoms. The molecule has 4 atom stereocenters. The molecule has 396 valence electrons. The molecular weight excluding hydrogens is 931 g/mol. The Hall–Kier alpha value is -6.18. The first-order valence-corrected chi connectivity index (χ1v) is 25.9. The summed E-state index contributed by atoms with van der Waals surface area (Å²) in [5.74, 6) is 1.35. The van der Waals surface area contributed by atoms with E-state index in [4.69, 9.17) is 25.3 Å². The van der Waals surface area contributed by atoms with E-state index < -0.39 is 12.1 Å². The number of pyridine rings is 2. The highest BCUT2D eigenvalue weighted by molar-refractivity contribution is 5.97. The lowest BCUT2D eigenvalue weighted by Crippen LogP contribution is -2.37. The Morgan fingerprint density at radius 3 is 1.47 bits per heavy atom. The molecule has 4 saturated heterocycles. The minimum atomic E-state index is -1.07. The fourth-order valence-corrected chi connectivity index (χ4v) is 9.10. The van der Waals surface area contributed by atoms with Crippen molar-refractivity contribution in [2.45, 2.75) is 92.3 Å². The third-order valence-electron chi connectivity index (χ3n) is 13.8. The van der Waals surface area contributed by atoms with Crippen LogP contribution in [0.2, 0.25) is 0 Å². The number of carbonyl (C=O) groups excluding carboxylic acids is 3. The molecule has 4 aromatic rings. The molecule has 4 aliphatic rings. The number of ether oxygens (including phenoxy) is 2. The van der Waals surface area contributed by atoms with Gasteiger partial charge in [-0.2, -0.15) is 0 Å². The first-order valence-electron chi connectivity index (χ1n) is 25.9. The molecule has 2 aromatic heterocycles. The summed E-state index contributed by atoms with van der Waals surface area (Å²) < 4.78 is 10.9. The number of amides is 4. The second kappa shape index (κ2) is 27.2. The fraction of sp³-hybridized carbons (Fsp3) is 0.527. The van der Waals surface area contributed by atoms with E-state index in [2.05, 4.69) is 34.4 Å². The Balaban J connectivity index is 0.000000219. The van der Waals surface area contributed by atoms with Gasteiger partial charge in [0.1, 0.15) is 17.3 Å². The average Bonchev–Trinajstić information content (AvgIpc) is 4.11. The van der Waals surface area contributed by atoms with E-state index in [0.717, 1.165) is 96.7 Å². The quantitative estimate of drug-likeness (QED) is 0.0665. The number of anilines is 4. The minimum Gasteiger partial charge on any atom is -0.477 e. The van der Waals surface area contributed by atoms with Gasteiger partial charge in [0.2, 0.25) is 0 Å². The fourth-order valence-electron chi connectivity index (χ4n) is 9.10. The second-order valence-electron chi connectivity index (χ2n) is 19.5. The number of aromatic carboxylic acids is 1. The predicted octanol–water partition coefficient (Wildman–Crippen LogP) is 7.68. The zero-order valence-electron chi connectivity index (χ0n) is 43.6. The van der Waals surface area contributed by atoms with Gasteiger partial charge in [-0.1, -0.05) is 38.8 Å². The van der Waals surface area contributed by atoms with Crippen molar-refractivity contribution in [3.63, 3.8) is 0 Å². The molecule has 18 heteroatoms. The number of carboxylic acids is 1. The number of hydrogen-bond acceptors (Lipinski definition) is 13. The number of Topliss-reactive ketones (excluding diaryl/α,β-unsaturated/α-hetero) is 1. The second-order valence-corrected chi connectivity index (χ2v) is 19.5. The van der Waals surface area contributed by atoms with Crippen LogP contribution in [0.1, 0.15) is 98.3 Å². The Kier molecular flexibility index (Phi) is 20.9. The van der Waals surface area contributed by atoms with Crippen LogP contribution in [0.15, 0.2) is 60.7 Å². The van der Waals surface area contributed by atoms with Crippen molar-refractivity contribution in [1.29, 1.82) is 0 Å². The summed E-state index contributed by atoms with van der Waals surface area (Å²) in [5, 5.41) is 33.6. The third-order valence-corrected chi connectivity index (χ3v) is 13.8. The standard InChI is InChI=1S/C28H38N4O4.C24H30N4O4.C3H9NO/c1-4-21-9-10-32(18-21)28(35)29-23-7-5-19(2)24(17-23)22-15-25(26(34)8-6-20(3)33)30-27(16-22)31-11-13-36-14-12-31;1-3-17-6-7-28(15-17)24(31)25-19-5-4-16(2)20(14-19)18-12-21(23(29)30)26-22(13-18)27-8-10-32-11-9-27;1-3(5)2-4/h5,7,15-17,20-21,33H,4,6,8-14,18H2,1-3H3,(H,29,35);4-5,12-14,17H,3,6-11,15H2,1-2H3,(H,25,31)(H,29,30);3,5H,2,4H2,1H3/t20-,21+;17-;3-/m010/s1. The van der Waals surface area contributed by atoms with Gasteiger partial charge in [-0.15, -0.1) is 0 Å². The average molecular weight is 1010 g/mol. The van der Waals surface area contributed by atoms with E-state index in [9.17, 15) is 29.4 Å². The summed E-state index contributed by atoms with van der Waals surface area (Å²) in [6, 6.07) is 18.8. The number of urea groups is 2. The van der Waals surface area contributed by atoms with E-state index in [1.54, 1.807) is 19.9 Å². The molecular formula is C55H77N9O9. The molecule has 7 N–H and O–H groups in total. The van der Waals surface area contributed by atoms with Gasteiger partial charge in [-0.05, 0) is 141 Å². The number of nitrogens with zero attached hydrogens (tertiary/aromatic N) is 6. The number of morpholine rings is 2. The van der Waals surface area contributed by atoms with Crippen molar-refractivity contribution in [2.75, 3.05) is 106 Å². The highest BCUT2D eigenvalue weighted by Gasteiger charge is 2.27. The summed E-state index contributed by atoms with van der Waals surface area (Å²) in [6.45, 7) is 20.3. The molecule has 4 fully saturated rings. The summed E-state index contributed by atoms with van der Waals surface area (Å²) in [5.41, 5.74) is 12.2. The first-order chi connectivity index (χ1) is 35.0. The lowest BCUT2D eigenvalue weighted by molar-refractivity contribution is 0.0690. The molecule has 18 nitrogen and oxygen atoms in total. The molecule has 4 aliphatic heterocycles. The Morgan fingerprint density at radius 2 is 1.08 bits per heavy atom. The predicted molar refractivity (Wildman–Crippen MR) is 286 cm³/mol. The molecule has 0 radical (unpaired) electrons. The number of rotatable bonds is 14. The van der Waals surface area contributed by atoms with Gasteiger partial charge >= 0.3 is 18.0 Å². The molecule has 2 aromatic carbocycles. The third kappa shape index (κ3) is 16.2. The highest BCUT2D eigenvalue weighted by atomic mass is 16.5. The summed E-state index contributed by atoms with van der Waals surface area (Å²) in [7, 11) is 0. The van der Waals surface area contributed by atoms with Gasteiger partial charge in [0, 0.05) is 76.7 Å². The maximum atomic E-state index is 13.0. The Morgan fingerprint density at radius 1 is 0.658 bits per heavy atom. The zero-order valence-corrected chi connectivity index (χ0v) is 43.6. The van der Waals surface area contributed by atoms with Gasteiger partial charge in [0.15, 0.2) is 11.5 Å². The SMILES string of the molecule is CC[C@@H]1CCN(C(=O)Nc2ccc(C)c(-c3cc(C(=O)CC[C@H](C)O)nc(N4CCOCC4)c3)c2)C1.CC[C@@H]1CCN(C(=O)Nc2ccc(C)c(-c3cc(C(=O)O)nc(N4CCOCC4)c3)c2)C1.C[C@H](O)CN. The van der Waals surface area contributed by atoms with Crippen LogP contribution in [0.4, 0.5) is 32.6 Å². The van der Waals surface area contributed by atoms with Gasteiger partial charge in [0.05, 0.1) is 38.6 Å². The minimum absolute atomic E-state index is 0.000467. The van der Waals surface area contributed by atoms with Crippen molar-refractivity contribution in [3.8, 4) is 22.3 Å². The molecule has 73 heavy (non-hydrogen) atoms. The lowest BCUT2D eigenvalue weighted by Gasteiger charge is -2.28. The number of aromatic nitrogens is 2. The van der Waals surface area contributed by atoms with Gasteiger partial charge < -0.3 is 60.8 Å². The van der Waals surface area contributed by atoms with E-state index in [0.29, 0.717) is 94.6 Å². The Bertz CT molecular complexity index is 2490. The molecule has 0 unspecified atom stereocenters. The summed E-state index contributed by atoms with van der Waals surface area (Å²) >= 11 is 0. The maximum Gasteiger partial charge on any atom is 0.354 e. The largest absolute Gasteiger partial charge is 0.477 e. The molecule has 0 spiro atoms. The van der Waals surface area contributed by atoms with Crippen LogP contribution >= 0.6 is 0 Å². The maximum absolute atomic E-state index is 13.0. The molecule has 8 rings (SSSR count). The zero-order chi connectivity index (χ0) is 52.6. The van der Waals surface area contributed by atoms with Crippen LogP contribution < -0.4 is 26.2 Å². The summed E-state index contributed by atoms with van der Waals surface area (Å²) in [6.07, 6.45) is 4.02. The van der Waals surface area contributed by atoms with E-state index in [1.165, 1.54) is 0 Å². The van der Waals surface area contributed by atoms with Crippen LogP contribution in [0.3, 0.4) is 0 Å². The molecule has 4 amide bonds. The lowest BCUT2D eigenvalue weighted by atomic mass is 9.98. The van der Waals surface area contributed by atoms with E-state index in [1.807, 2.05) is 83.1 Å². The molecule has 0 aliphatic carbocycles. The highest BCUT2D eigenvalue weighted by Crippen LogP contribution is 2.33. The number of benzene rings is 2. The number of carbonyl (C=O) groups is 4.